The van der Waals surface area contributed by atoms with Crippen molar-refractivity contribution in [3.05, 3.63) is 63.8 Å². The molecule has 3 heterocycles. The minimum Gasteiger partial charge on any atom is -0.294 e. The SMILES string of the molecule is CCN1C(=O)C(C#N)=C(C)/C(=C/c2cc3sc(C)nc3n2-c2ccccc2)C1=O. The van der Waals surface area contributed by atoms with Crippen molar-refractivity contribution in [1.82, 2.24) is 14.5 Å². The van der Waals surface area contributed by atoms with Crippen molar-refractivity contribution in [2.75, 3.05) is 6.54 Å². The molecule has 0 saturated heterocycles. The third kappa shape index (κ3) is 2.98. The zero-order valence-corrected chi connectivity index (χ0v) is 17.1. The number of nitrogens with zero attached hydrogens (tertiary/aromatic N) is 4. The molecule has 0 atom stereocenters. The van der Waals surface area contributed by atoms with E-state index in [9.17, 15) is 14.9 Å². The summed E-state index contributed by atoms with van der Waals surface area (Å²) in [6.45, 7) is 5.54. The van der Waals surface area contributed by atoms with E-state index in [4.69, 9.17) is 0 Å². The smallest absolute Gasteiger partial charge is 0.271 e. The second kappa shape index (κ2) is 7.15. The van der Waals surface area contributed by atoms with E-state index in [1.54, 1.807) is 31.3 Å². The first-order valence-electron chi connectivity index (χ1n) is 9.19. The number of carbonyl (C=O) groups excluding carboxylic acids is 2. The van der Waals surface area contributed by atoms with Gasteiger partial charge in [0.1, 0.15) is 11.6 Å². The van der Waals surface area contributed by atoms with Crippen molar-refractivity contribution in [1.29, 1.82) is 5.26 Å². The van der Waals surface area contributed by atoms with Gasteiger partial charge in [0, 0.05) is 23.5 Å². The molecule has 29 heavy (non-hydrogen) atoms. The third-order valence-corrected chi connectivity index (χ3v) is 5.85. The Hall–Kier alpha value is -3.50. The lowest BCUT2D eigenvalue weighted by Gasteiger charge is -2.26. The van der Waals surface area contributed by atoms with E-state index < -0.39 is 5.91 Å². The van der Waals surface area contributed by atoms with E-state index in [0.29, 0.717) is 11.1 Å². The van der Waals surface area contributed by atoms with Crippen LogP contribution in [0, 0.1) is 18.3 Å². The van der Waals surface area contributed by atoms with E-state index in [1.165, 1.54) is 0 Å². The van der Waals surface area contributed by atoms with Gasteiger partial charge in [-0.2, -0.15) is 5.26 Å². The van der Waals surface area contributed by atoms with Crippen LogP contribution in [0.3, 0.4) is 0 Å². The predicted octanol–water partition coefficient (Wildman–Crippen LogP) is 4.01. The molecule has 0 N–H and O–H groups in total. The molecule has 6 nitrogen and oxygen atoms in total. The summed E-state index contributed by atoms with van der Waals surface area (Å²) in [4.78, 5) is 31.1. The number of rotatable bonds is 3. The number of aromatic nitrogens is 2. The van der Waals surface area contributed by atoms with Crippen LogP contribution in [0.25, 0.3) is 22.1 Å². The highest BCUT2D eigenvalue weighted by Crippen LogP contribution is 2.32. The lowest BCUT2D eigenvalue weighted by atomic mass is 9.94. The first-order valence-corrected chi connectivity index (χ1v) is 10.0. The van der Waals surface area contributed by atoms with Crippen molar-refractivity contribution in [2.24, 2.45) is 0 Å². The monoisotopic (exact) mass is 402 g/mol. The van der Waals surface area contributed by atoms with Crippen LogP contribution in [-0.2, 0) is 9.59 Å². The molecule has 4 rings (SSSR count). The highest BCUT2D eigenvalue weighted by atomic mass is 32.1. The molecule has 0 aliphatic carbocycles. The van der Waals surface area contributed by atoms with Gasteiger partial charge in [0.25, 0.3) is 11.8 Å². The minimum atomic E-state index is -0.536. The van der Waals surface area contributed by atoms with Crippen molar-refractivity contribution in [3.63, 3.8) is 0 Å². The Morgan fingerprint density at radius 3 is 2.55 bits per heavy atom. The summed E-state index contributed by atoms with van der Waals surface area (Å²) in [6.07, 6.45) is 1.75. The Kier molecular flexibility index (Phi) is 4.65. The van der Waals surface area contributed by atoms with Crippen LogP contribution in [0.4, 0.5) is 0 Å². The number of nitriles is 1. The van der Waals surface area contributed by atoms with Gasteiger partial charge < -0.3 is 0 Å². The van der Waals surface area contributed by atoms with Crippen LogP contribution >= 0.6 is 11.3 Å². The second-order valence-corrected chi connectivity index (χ2v) is 7.92. The summed E-state index contributed by atoms with van der Waals surface area (Å²) in [6, 6.07) is 13.7. The fraction of sp³-hybridized carbons (Fsp3) is 0.182. The highest BCUT2D eigenvalue weighted by molar-refractivity contribution is 7.18. The number of likely N-dealkylation sites (N-methyl/N-ethyl adjacent to an activating group) is 1. The molecule has 144 valence electrons. The van der Waals surface area contributed by atoms with Crippen LogP contribution in [0.2, 0.25) is 0 Å². The molecule has 0 fully saturated rings. The normalized spacial score (nSPS) is 16.2. The van der Waals surface area contributed by atoms with E-state index >= 15 is 0 Å². The summed E-state index contributed by atoms with van der Waals surface area (Å²) in [5.74, 6) is -0.923. The Labute approximate surface area is 172 Å². The quantitative estimate of drug-likeness (QED) is 0.490. The Balaban J connectivity index is 1.98. The number of aryl methyl sites for hydroxylation is 1. The molecule has 2 amide bonds. The lowest BCUT2D eigenvalue weighted by Crippen LogP contribution is -2.42. The van der Waals surface area contributed by atoms with Crippen LogP contribution in [0.5, 0.6) is 0 Å². The van der Waals surface area contributed by atoms with E-state index in [1.807, 2.05) is 54.0 Å². The number of fused-ring (bicyclic) bond motifs is 1. The number of thiazole rings is 1. The number of imide groups is 1. The number of hydrogen-bond acceptors (Lipinski definition) is 5. The largest absolute Gasteiger partial charge is 0.294 e. The summed E-state index contributed by atoms with van der Waals surface area (Å²) in [5.41, 5.74) is 3.28. The van der Waals surface area contributed by atoms with Gasteiger partial charge in [-0.3, -0.25) is 19.1 Å². The molecule has 0 saturated carbocycles. The second-order valence-electron chi connectivity index (χ2n) is 6.69. The average molecular weight is 402 g/mol. The Bertz CT molecular complexity index is 1260. The van der Waals surface area contributed by atoms with Gasteiger partial charge in [-0.05, 0) is 50.6 Å². The Morgan fingerprint density at radius 1 is 1.17 bits per heavy atom. The molecule has 0 bridgehead atoms. The summed E-state index contributed by atoms with van der Waals surface area (Å²) >= 11 is 1.58. The number of carbonyl (C=O) groups is 2. The van der Waals surface area contributed by atoms with Crippen molar-refractivity contribution < 1.29 is 9.59 Å². The number of hydrogen-bond donors (Lipinski definition) is 0. The molecule has 0 spiro atoms. The molecule has 2 aromatic heterocycles. The van der Waals surface area contributed by atoms with Gasteiger partial charge in [0.15, 0.2) is 5.65 Å². The van der Waals surface area contributed by atoms with Gasteiger partial charge in [-0.15, -0.1) is 11.3 Å². The topological polar surface area (TPSA) is 79.0 Å². The van der Waals surface area contributed by atoms with Gasteiger partial charge >= 0.3 is 0 Å². The zero-order valence-electron chi connectivity index (χ0n) is 16.3. The fourth-order valence-corrected chi connectivity index (χ4v) is 4.38. The maximum Gasteiger partial charge on any atom is 0.271 e. The van der Waals surface area contributed by atoms with Gasteiger partial charge in [-0.1, -0.05) is 18.2 Å². The maximum absolute atomic E-state index is 13.0. The Morgan fingerprint density at radius 2 is 1.90 bits per heavy atom. The number of benzene rings is 1. The van der Waals surface area contributed by atoms with Crippen molar-refractivity contribution in [2.45, 2.75) is 20.8 Å². The van der Waals surface area contributed by atoms with Crippen LogP contribution < -0.4 is 0 Å². The van der Waals surface area contributed by atoms with Gasteiger partial charge in [-0.25, -0.2) is 4.98 Å². The average Bonchev–Trinajstić information content (AvgIpc) is 3.21. The summed E-state index contributed by atoms with van der Waals surface area (Å²) < 4.78 is 3.00. The standard InChI is InChI=1S/C22H18N4O2S/c1-4-25-21(27)17(13(2)18(12-23)22(25)28)10-16-11-19-20(24-14(3)29-19)26(16)15-8-6-5-7-9-15/h5-11H,4H2,1-3H3/b17-10-. The summed E-state index contributed by atoms with van der Waals surface area (Å²) in [7, 11) is 0. The van der Waals surface area contributed by atoms with E-state index in [2.05, 4.69) is 4.98 Å². The molecule has 1 aliphatic rings. The van der Waals surface area contributed by atoms with Crippen molar-refractivity contribution in [3.8, 4) is 11.8 Å². The molecule has 1 aromatic carbocycles. The third-order valence-electron chi connectivity index (χ3n) is 4.94. The predicted molar refractivity (Wildman–Crippen MR) is 112 cm³/mol. The lowest BCUT2D eigenvalue weighted by molar-refractivity contribution is -0.140. The van der Waals surface area contributed by atoms with Crippen LogP contribution in [-0.4, -0.2) is 32.8 Å². The molecule has 7 heteroatoms. The molecule has 3 aromatic rings. The zero-order chi connectivity index (χ0) is 20.7. The number of para-hydroxylation sites is 1. The highest BCUT2D eigenvalue weighted by Gasteiger charge is 2.34. The first-order chi connectivity index (χ1) is 14.0. The molecule has 1 aliphatic heterocycles. The number of amides is 2. The summed E-state index contributed by atoms with van der Waals surface area (Å²) in [5, 5.41) is 10.4. The molecule has 0 unspecified atom stereocenters. The molecular formula is C22H18N4O2S. The van der Waals surface area contributed by atoms with Crippen LogP contribution in [0.15, 0.2) is 53.1 Å². The van der Waals surface area contributed by atoms with Gasteiger partial charge in [0.05, 0.1) is 9.71 Å². The van der Waals surface area contributed by atoms with E-state index in [-0.39, 0.29) is 18.0 Å². The van der Waals surface area contributed by atoms with Gasteiger partial charge in [0.2, 0.25) is 0 Å². The first kappa shape index (κ1) is 18.8. The van der Waals surface area contributed by atoms with E-state index in [0.717, 1.165) is 31.6 Å². The maximum atomic E-state index is 13.0. The minimum absolute atomic E-state index is 0.00583. The van der Waals surface area contributed by atoms with Crippen LogP contribution in [0.1, 0.15) is 24.5 Å². The molecular weight excluding hydrogens is 384 g/mol. The van der Waals surface area contributed by atoms with Crippen molar-refractivity contribution >= 4 is 39.6 Å². The fourth-order valence-electron chi connectivity index (χ4n) is 3.53. The molecule has 0 radical (unpaired) electrons.